The number of benzene rings is 1. The minimum Gasteiger partial charge on any atom is -0.355 e. The molecule has 1 saturated heterocycles. The zero-order chi connectivity index (χ0) is 13.5. The molecule has 1 aliphatic heterocycles. The number of rotatable bonds is 6. The third kappa shape index (κ3) is 5.55. The van der Waals surface area contributed by atoms with Gasteiger partial charge in [0.05, 0.1) is 0 Å². The molecule has 1 heterocycles. The third-order valence-electron chi connectivity index (χ3n) is 3.12. The smallest absolute Gasteiger partial charge is 0.220 e. The van der Waals surface area contributed by atoms with Gasteiger partial charge in [-0.15, -0.1) is 11.8 Å². The molecule has 2 N–H and O–H groups in total. The van der Waals surface area contributed by atoms with E-state index in [4.69, 9.17) is 0 Å². The van der Waals surface area contributed by atoms with Gasteiger partial charge in [-0.3, -0.25) is 4.79 Å². The van der Waals surface area contributed by atoms with Crippen LogP contribution in [0.5, 0.6) is 0 Å². The molecule has 104 valence electrons. The number of nitrogens with one attached hydrogen (secondary N) is 2. The minimum absolute atomic E-state index is 0.151. The second-order valence-corrected chi connectivity index (χ2v) is 6.73. The summed E-state index contributed by atoms with van der Waals surface area (Å²) in [6.07, 6.45) is 2.97. The van der Waals surface area contributed by atoms with Gasteiger partial charge in [0.25, 0.3) is 0 Å². The normalized spacial score (nSPS) is 18.5. The van der Waals surface area contributed by atoms with Crippen molar-refractivity contribution in [2.24, 2.45) is 0 Å². The molecule has 1 atom stereocenters. The average molecular weight is 343 g/mol. The molecular formula is C14H19BrN2OS. The average Bonchev–Trinajstić information content (AvgIpc) is 2.92. The van der Waals surface area contributed by atoms with Crippen LogP contribution in [0.4, 0.5) is 0 Å². The van der Waals surface area contributed by atoms with E-state index in [9.17, 15) is 4.79 Å². The van der Waals surface area contributed by atoms with Crippen molar-refractivity contribution < 1.29 is 4.79 Å². The van der Waals surface area contributed by atoms with Crippen LogP contribution in [0, 0.1) is 0 Å². The summed E-state index contributed by atoms with van der Waals surface area (Å²) in [5, 5.41) is 6.37. The van der Waals surface area contributed by atoms with E-state index < -0.39 is 0 Å². The van der Waals surface area contributed by atoms with E-state index in [1.165, 1.54) is 17.7 Å². The number of hydrogen-bond donors (Lipinski definition) is 2. The quantitative estimate of drug-likeness (QED) is 0.781. The summed E-state index contributed by atoms with van der Waals surface area (Å²) >= 11 is 5.13. The van der Waals surface area contributed by atoms with Gasteiger partial charge < -0.3 is 10.6 Å². The molecule has 2 rings (SSSR count). The first-order valence-corrected chi connectivity index (χ1v) is 8.40. The molecule has 1 aromatic carbocycles. The fraction of sp³-hybridized carbons (Fsp3) is 0.500. The van der Waals surface area contributed by atoms with Gasteiger partial charge in [-0.25, -0.2) is 0 Å². The third-order valence-corrected chi connectivity index (χ3v) is 4.66. The Hall–Kier alpha value is -0.520. The SMILES string of the molecule is O=C(CCSc1ccc(Br)cc1)NCC1CCCN1. The van der Waals surface area contributed by atoms with E-state index in [1.807, 2.05) is 12.1 Å². The minimum atomic E-state index is 0.151. The van der Waals surface area contributed by atoms with Gasteiger partial charge in [0, 0.05) is 34.1 Å². The Morgan fingerprint density at radius 1 is 1.42 bits per heavy atom. The Bertz CT molecular complexity index is 404. The van der Waals surface area contributed by atoms with Gasteiger partial charge >= 0.3 is 0 Å². The van der Waals surface area contributed by atoms with Crippen LogP contribution in [0.2, 0.25) is 0 Å². The number of hydrogen-bond acceptors (Lipinski definition) is 3. The Balaban J connectivity index is 1.59. The molecule has 0 aromatic heterocycles. The van der Waals surface area contributed by atoms with E-state index in [2.05, 4.69) is 38.7 Å². The zero-order valence-electron chi connectivity index (χ0n) is 10.8. The molecule has 5 heteroatoms. The first-order valence-electron chi connectivity index (χ1n) is 6.62. The Morgan fingerprint density at radius 3 is 2.89 bits per heavy atom. The lowest BCUT2D eigenvalue weighted by molar-refractivity contribution is -0.120. The van der Waals surface area contributed by atoms with E-state index in [-0.39, 0.29) is 5.91 Å². The van der Waals surface area contributed by atoms with Crippen molar-refractivity contribution in [2.75, 3.05) is 18.8 Å². The number of amides is 1. The van der Waals surface area contributed by atoms with Crippen molar-refractivity contribution in [1.82, 2.24) is 10.6 Å². The summed E-state index contributed by atoms with van der Waals surface area (Å²) in [4.78, 5) is 12.9. The molecule has 1 aliphatic rings. The molecular weight excluding hydrogens is 324 g/mol. The van der Waals surface area contributed by atoms with Crippen molar-refractivity contribution >= 4 is 33.6 Å². The lowest BCUT2D eigenvalue weighted by atomic mass is 10.2. The number of carbonyl (C=O) groups excluding carboxylic acids is 1. The molecule has 1 unspecified atom stereocenters. The van der Waals surface area contributed by atoms with Crippen molar-refractivity contribution in [2.45, 2.75) is 30.2 Å². The van der Waals surface area contributed by atoms with Crippen LogP contribution in [0.15, 0.2) is 33.6 Å². The largest absolute Gasteiger partial charge is 0.355 e. The van der Waals surface area contributed by atoms with Gasteiger partial charge in [0.1, 0.15) is 0 Å². The first-order chi connectivity index (χ1) is 9.24. The van der Waals surface area contributed by atoms with Gasteiger partial charge in [0.15, 0.2) is 0 Å². The molecule has 0 aliphatic carbocycles. The van der Waals surface area contributed by atoms with E-state index in [1.54, 1.807) is 11.8 Å². The summed E-state index contributed by atoms with van der Waals surface area (Å²) in [6, 6.07) is 8.65. The summed E-state index contributed by atoms with van der Waals surface area (Å²) in [5.74, 6) is 0.976. The highest BCUT2D eigenvalue weighted by Crippen LogP contribution is 2.21. The molecule has 1 fully saturated rings. The maximum Gasteiger partial charge on any atom is 0.220 e. The van der Waals surface area contributed by atoms with Crippen molar-refractivity contribution in [3.63, 3.8) is 0 Å². The maximum absolute atomic E-state index is 11.7. The highest BCUT2D eigenvalue weighted by Gasteiger charge is 2.14. The molecule has 19 heavy (non-hydrogen) atoms. The Morgan fingerprint density at radius 2 is 2.21 bits per heavy atom. The van der Waals surface area contributed by atoms with E-state index in [0.717, 1.165) is 23.3 Å². The van der Waals surface area contributed by atoms with Crippen LogP contribution >= 0.6 is 27.7 Å². The van der Waals surface area contributed by atoms with Gasteiger partial charge in [0.2, 0.25) is 5.91 Å². The zero-order valence-corrected chi connectivity index (χ0v) is 13.2. The van der Waals surface area contributed by atoms with Crippen molar-refractivity contribution in [3.8, 4) is 0 Å². The molecule has 0 saturated carbocycles. The lowest BCUT2D eigenvalue weighted by Crippen LogP contribution is -2.37. The fourth-order valence-corrected chi connectivity index (χ4v) is 3.16. The summed E-state index contributed by atoms with van der Waals surface area (Å²) in [5.41, 5.74) is 0. The van der Waals surface area contributed by atoms with Crippen molar-refractivity contribution in [1.29, 1.82) is 0 Å². The fourth-order valence-electron chi connectivity index (χ4n) is 2.05. The van der Waals surface area contributed by atoms with Crippen LogP contribution in [-0.2, 0) is 4.79 Å². The predicted molar refractivity (Wildman–Crippen MR) is 83.5 cm³/mol. The Kier molecular flexibility index (Phi) is 6.20. The van der Waals surface area contributed by atoms with Crippen LogP contribution < -0.4 is 10.6 Å². The molecule has 3 nitrogen and oxygen atoms in total. The number of thioether (sulfide) groups is 1. The van der Waals surface area contributed by atoms with Gasteiger partial charge in [-0.2, -0.15) is 0 Å². The second kappa shape index (κ2) is 7.92. The summed E-state index contributed by atoms with van der Waals surface area (Å²) in [7, 11) is 0. The predicted octanol–water partition coefficient (Wildman–Crippen LogP) is 2.80. The molecule has 0 radical (unpaired) electrons. The standard InChI is InChI=1S/C14H19BrN2OS/c15-11-3-5-13(6-4-11)19-9-7-14(18)17-10-12-2-1-8-16-12/h3-6,12,16H,1-2,7-10H2,(H,17,18). The van der Waals surface area contributed by atoms with Crippen LogP contribution in [0.25, 0.3) is 0 Å². The van der Waals surface area contributed by atoms with Gasteiger partial charge in [-0.1, -0.05) is 15.9 Å². The summed E-state index contributed by atoms with van der Waals surface area (Å²) < 4.78 is 1.08. The lowest BCUT2D eigenvalue weighted by Gasteiger charge is -2.11. The van der Waals surface area contributed by atoms with Crippen molar-refractivity contribution in [3.05, 3.63) is 28.7 Å². The van der Waals surface area contributed by atoms with Crippen LogP contribution in [-0.4, -0.2) is 30.8 Å². The van der Waals surface area contributed by atoms with Gasteiger partial charge in [-0.05, 0) is 43.7 Å². The van der Waals surface area contributed by atoms with E-state index >= 15 is 0 Å². The van der Waals surface area contributed by atoms with Crippen LogP contribution in [0.1, 0.15) is 19.3 Å². The second-order valence-electron chi connectivity index (χ2n) is 4.65. The molecule has 1 aromatic rings. The highest BCUT2D eigenvalue weighted by molar-refractivity contribution is 9.10. The monoisotopic (exact) mass is 342 g/mol. The Labute approximate surface area is 127 Å². The molecule has 1 amide bonds. The molecule has 0 bridgehead atoms. The topological polar surface area (TPSA) is 41.1 Å². The number of carbonyl (C=O) groups is 1. The van der Waals surface area contributed by atoms with E-state index in [0.29, 0.717) is 12.5 Å². The number of halogens is 1. The highest BCUT2D eigenvalue weighted by atomic mass is 79.9. The summed E-state index contributed by atoms with van der Waals surface area (Å²) in [6.45, 7) is 1.85. The maximum atomic E-state index is 11.7. The molecule has 0 spiro atoms. The first kappa shape index (κ1) is 14.9. The van der Waals surface area contributed by atoms with Crippen LogP contribution in [0.3, 0.4) is 0 Å².